The summed E-state index contributed by atoms with van der Waals surface area (Å²) in [4.78, 5) is 18.2. The predicted octanol–water partition coefficient (Wildman–Crippen LogP) is 4.14. The molecule has 0 radical (unpaired) electrons. The molecule has 1 fully saturated rings. The zero-order chi connectivity index (χ0) is 18.6. The average Bonchev–Trinajstić information content (AvgIpc) is 3.32. The van der Waals surface area contributed by atoms with E-state index in [1.165, 1.54) is 5.56 Å². The lowest BCUT2D eigenvalue weighted by Gasteiger charge is -2.21. The number of H-pyrrole nitrogens is 1. The third-order valence-corrected chi connectivity index (χ3v) is 5.93. The molecule has 1 N–H and O–H groups in total. The first kappa shape index (κ1) is 18.2. The zero-order valence-corrected chi connectivity index (χ0v) is 16.5. The van der Waals surface area contributed by atoms with Crippen LogP contribution in [0.25, 0.3) is 10.6 Å². The number of nitrogens with one attached hydrogen (secondary N) is 1. The molecule has 1 aromatic carbocycles. The molecule has 0 bridgehead atoms. The number of carbonyl (C=O) groups is 1. The van der Waals surface area contributed by atoms with Crippen molar-refractivity contribution in [3.8, 4) is 10.6 Å². The largest absolute Gasteiger partial charge is 0.336 e. The second-order valence-corrected chi connectivity index (χ2v) is 8.08. The Balaban J connectivity index is 1.37. The summed E-state index contributed by atoms with van der Waals surface area (Å²) in [5, 5.41) is 9.99. The van der Waals surface area contributed by atoms with Crippen LogP contribution in [-0.2, 0) is 6.54 Å². The van der Waals surface area contributed by atoms with E-state index in [0.29, 0.717) is 12.2 Å². The number of hydrogen-bond donors (Lipinski definition) is 1. The maximum atomic E-state index is 12.9. The van der Waals surface area contributed by atoms with E-state index >= 15 is 0 Å². The number of carbonyl (C=O) groups excluding carboxylic acids is 1. The molecule has 4 rings (SSSR count). The Morgan fingerprint density at radius 3 is 2.78 bits per heavy atom. The third kappa shape index (κ3) is 4.40. The predicted molar refractivity (Wildman–Crippen MR) is 109 cm³/mol. The molecule has 0 atom stereocenters. The summed E-state index contributed by atoms with van der Waals surface area (Å²) in [7, 11) is 0. The molecule has 1 amide bonds. The van der Waals surface area contributed by atoms with Gasteiger partial charge in [0.25, 0.3) is 5.91 Å². The van der Waals surface area contributed by atoms with Gasteiger partial charge in [-0.3, -0.25) is 14.8 Å². The van der Waals surface area contributed by atoms with Crippen LogP contribution in [0.1, 0.15) is 22.5 Å². The Kier molecular flexibility index (Phi) is 5.57. The van der Waals surface area contributed by atoms with Crippen molar-refractivity contribution in [1.29, 1.82) is 0 Å². The summed E-state index contributed by atoms with van der Waals surface area (Å²) in [6.45, 7) is 4.19. The number of aromatic nitrogens is 2. The van der Waals surface area contributed by atoms with Gasteiger partial charge in [-0.05, 0) is 41.6 Å². The number of nitrogens with zero attached hydrogens (tertiary/aromatic N) is 3. The molecule has 1 aliphatic heterocycles. The van der Waals surface area contributed by atoms with Gasteiger partial charge in [-0.25, -0.2) is 0 Å². The monoisotopic (exact) mass is 400 g/mol. The van der Waals surface area contributed by atoms with Crippen LogP contribution in [0, 0.1) is 0 Å². The molecule has 3 heterocycles. The number of rotatable bonds is 4. The van der Waals surface area contributed by atoms with Gasteiger partial charge in [0.2, 0.25) is 0 Å². The zero-order valence-electron chi connectivity index (χ0n) is 14.9. The highest BCUT2D eigenvalue weighted by molar-refractivity contribution is 7.13. The summed E-state index contributed by atoms with van der Waals surface area (Å²) < 4.78 is 0. The Labute approximate surface area is 167 Å². The van der Waals surface area contributed by atoms with Crippen LogP contribution in [0.5, 0.6) is 0 Å². The van der Waals surface area contributed by atoms with E-state index in [1.807, 2.05) is 40.6 Å². The fourth-order valence-corrected chi connectivity index (χ4v) is 4.15. The van der Waals surface area contributed by atoms with E-state index in [9.17, 15) is 4.79 Å². The van der Waals surface area contributed by atoms with E-state index in [4.69, 9.17) is 11.6 Å². The van der Waals surface area contributed by atoms with Crippen molar-refractivity contribution < 1.29 is 4.79 Å². The van der Waals surface area contributed by atoms with Gasteiger partial charge < -0.3 is 4.90 Å². The molecule has 27 heavy (non-hydrogen) atoms. The van der Waals surface area contributed by atoms with Crippen LogP contribution in [0.3, 0.4) is 0 Å². The van der Waals surface area contributed by atoms with Gasteiger partial charge in [0.05, 0.1) is 10.6 Å². The van der Waals surface area contributed by atoms with Gasteiger partial charge in [0.1, 0.15) is 0 Å². The maximum Gasteiger partial charge on any atom is 0.274 e. The molecule has 5 nitrogen and oxygen atoms in total. The van der Waals surface area contributed by atoms with Crippen molar-refractivity contribution in [3.05, 3.63) is 64.1 Å². The Morgan fingerprint density at radius 1 is 1.15 bits per heavy atom. The number of amides is 1. The van der Waals surface area contributed by atoms with Crippen LogP contribution < -0.4 is 0 Å². The average molecular weight is 401 g/mol. The molecule has 1 aliphatic rings. The van der Waals surface area contributed by atoms with E-state index in [0.717, 1.165) is 48.2 Å². The fourth-order valence-electron chi connectivity index (χ4n) is 3.33. The molecule has 0 aliphatic carbocycles. The normalized spacial score (nSPS) is 15.7. The Morgan fingerprint density at radius 2 is 2.00 bits per heavy atom. The van der Waals surface area contributed by atoms with Gasteiger partial charge in [-0.15, -0.1) is 11.3 Å². The first-order chi connectivity index (χ1) is 13.2. The minimum Gasteiger partial charge on any atom is -0.336 e. The van der Waals surface area contributed by atoms with Gasteiger partial charge in [-0.2, -0.15) is 5.10 Å². The minimum atomic E-state index is 0.00222. The number of thiophene rings is 1. The topological polar surface area (TPSA) is 52.2 Å². The van der Waals surface area contributed by atoms with E-state index in [1.54, 1.807) is 11.3 Å². The first-order valence-corrected chi connectivity index (χ1v) is 10.3. The van der Waals surface area contributed by atoms with E-state index in [2.05, 4.69) is 27.2 Å². The maximum absolute atomic E-state index is 12.9. The third-order valence-electron chi connectivity index (χ3n) is 4.78. The molecule has 3 aromatic rings. The van der Waals surface area contributed by atoms with Gasteiger partial charge >= 0.3 is 0 Å². The fraction of sp³-hybridized carbons (Fsp3) is 0.300. The lowest BCUT2D eigenvalue weighted by atomic mass is 10.2. The molecule has 7 heteroatoms. The molecule has 1 saturated heterocycles. The van der Waals surface area contributed by atoms with Crippen LogP contribution in [0.15, 0.2) is 47.8 Å². The van der Waals surface area contributed by atoms with Gasteiger partial charge in [0, 0.05) is 37.7 Å². The molecule has 0 unspecified atom stereocenters. The molecule has 0 saturated carbocycles. The highest BCUT2D eigenvalue weighted by Gasteiger charge is 2.22. The smallest absolute Gasteiger partial charge is 0.274 e. The quantitative estimate of drug-likeness (QED) is 0.716. The second-order valence-electron chi connectivity index (χ2n) is 6.69. The summed E-state index contributed by atoms with van der Waals surface area (Å²) in [5.41, 5.74) is 2.63. The van der Waals surface area contributed by atoms with Crippen LogP contribution in [-0.4, -0.2) is 52.1 Å². The summed E-state index contributed by atoms with van der Waals surface area (Å²) in [6, 6.07) is 13.8. The van der Waals surface area contributed by atoms with Crippen molar-refractivity contribution in [2.75, 3.05) is 26.2 Å². The SMILES string of the molecule is O=C(c1cc(-c2cccs2)[nH]n1)N1CCCN(Cc2ccc(Cl)cc2)CC1. The first-order valence-electron chi connectivity index (χ1n) is 9.04. The molecule has 2 aromatic heterocycles. The van der Waals surface area contributed by atoms with Crippen molar-refractivity contribution >= 4 is 28.8 Å². The minimum absolute atomic E-state index is 0.00222. The lowest BCUT2D eigenvalue weighted by molar-refractivity contribution is 0.0755. The molecule has 140 valence electrons. The number of aromatic amines is 1. The van der Waals surface area contributed by atoms with Crippen LogP contribution in [0.2, 0.25) is 5.02 Å². The van der Waals surface area contributed by atoms with Gasteiger partial charge in [0.15, 0.2) is 5.69 Å². The second kappa shape index (κ2) is 8.25. The molecular formula is C20H21ClN4OS. The highest BCUT2D eigenvalue weighted by Crippen LogP contribution is 2.23. The standard InChI is InChI=1S/C20H21ClN4OS/c21-16-6-4-15(5-7-16)14-24-8-2-9-25(11-10-24)20(26)18-13-17(22-23-18)19-3-1-12-27-19/h1,3-7,12-13H,2,8-11,14H2,(H,22,23). The summed E-state index contributed by atoms with van der Waals surface area (Å²) in [6.07, 6.45) is 0.960. The number of benzene rings is 1. The van der Waals surface area contributed by atoms with E-state index in [-0.39, 0.29) is 5.91 Å². The Bertz CT molecular complexity index is 891. The van der Waals surface area contributed by atoms with Crippen molar-refractivity contribution in [2.24, 2.45) is 0 Å². The summed E-state index contributed by atoms with van der Waals surface area (Å²) >= 11 is 7.59. The van der Waals surface area contributed by atoms with Crippen LogP contribution >= 0.6 is 22.9 Å². The van der Waals surface area contributed by atoms with Crippen molar-refractivity contribution in [2.45, 2.75) is 13.0 Å². The van der Waals surface area contributed by atoms with Gasteiger partial charge in [-0.1, -0.05) is 29.8 Å². The Hall–Kier alpha value is -2.15. The number of hydrogen-bond acceptors (Lipinski definition) is 4. The van der Waals surface area contributed by atoms with Crippen molar-refractivity contribution in [3.63, 3.8) is 0 Å². The number of halogens is 1. The van der Waals surface area contributed by atoms with E-state index < -0.39 is 0 Å². The molecular weight excluding hydrogens is 380 g/mol. The van der Waals surface area contributed by atoms with Crippen molar-refractivity contribution in [1.82, 2.24) is 20.0 Å². The molecule has 0 spiro atoms. The lowest BCUT2D eigenvalue weighted by Crippen LogP contribution is -2.35. The van der Waals surface area contributed by atoms with Crippen LogP contribution in [0.4, 0.5) is 0 Å². The summed E-state index contributed by atoms with van der Waals surface area (Å²) in [5.74, 6) is 0.00222. The highest BCUT2D eigenvalue weighted by atomic mass is 35.5.